The molecule has 0 rings (SSSR count). The van der Waals surface area contributed by atoms with Gasteiger partial charge >= 0.3 is 5.97 Å². The maximum Gasteiger partial charge on any atom is 0.336 e. The van der Waals surface area contributed by atoms with E-state index in [9.17, 15) is 4.79 Å². The van der Waals surface area contributed by atoms with E-state index in [1.165, 1.54) is 0 Å². The van der Waals surface area contributed by atoms with Gasteiger partial charge in [-0.2, -0.15) is 0 Å². The Labute approximate surface area is 105 Å². The second-order valence-electron chi connectivity index (χ2n) is 4.78. The predicted molar refractivity (Wildman–Crippen MR) is 69.9 cm³/mol. The standard InChI is InChI=1S/C14H26O3/c1-6-7-8-17-14(15)13(10-16-5)12(4)9-11(2)3/h11H,6-10H2,1-5H3. The van der Waals surface area contributed by atoms with Crippen molar-refractivity contribution in [1.82, 2.24) is 0 Å². The molecule has 3 heteroatoms. The lowest BCUT2D eigenvalue weighted by Gasteiger charge is -2.13. The van der Waals surface area contributed by atoms with Crippen LogP contribution >= 0.6 is 0 Å². The molecule has 0 aromatic carbocycles. The number of carbonyl (C=O) groups excluding carboxylic acids is 1. The molecule has 0 fully saturated rings. The number of esters is 1. The SMILES string of the molecule is CCCCOC(=O)C(COC)=C(C)CC(C)C. The van der Waals surface area contributed by atoms with Crippen LogP contribution in [-0.4, -0.2) is 26.3 Å². The lowest BCUT2D eigenvalue weighted by Crippen LogP contribution is -2.15. The van der Waals surface area contributed by atoms with Gasteiger partial charge in [0.1, 0.15) is 0 Å². The van der Waals surface area contributed by atoms with Crippen molar-refractivity contribution in [2.45, 2.75) is 47.0 Å². The summed E-state index contributed by atoms with van der Waals surface area (Å²) in [5.41, 5.74) is 1.75. The van der Waals surface area contributed by atoms with E-state index < -0.39 is 0 Å². The van der Waals surface area contributed by atoms with Gasteiger partial charge in [-0.1, -0.05) is 32.8 Å². The highest BCUT2D eigenvalue weighted by Crippen LogP contribution is 2.16. The fraction of sp³-hybridized carbons (Fsp3) is 0.786. The van der Waals surface area contributed by atoms with Crippen LogP contribution in [0.2, 0.25) is 0 Å². The zero-order valence-corrected chi connectivity index (χ0v) is 11.8. The van der Waals surface area contributed by atoms with E-state index in [1.54, 1.807) is 7.11 Å². The Kier molecular flexibility index (Phi) is 8.78. The van der Waals surface area contributed by atoms with Crippen LogP contribution in [0.4, 0.5) is 0 Å². The summed E-state index contributed by atoms with van der Waals surface area (Å²) in [6.07, 6.45) is 2.85. The highest BCUT2D eigenvalue weighted by molar-refractivity contribution is 5.89. The molecule has 0 aliphatic heterocycles. The van der Waals surface area contributed by atoms with Gasteiger partial charge in [0.2, 0.25) is 0 Å². The maximum absolute atomic E-state index is 11.9. The zero-order valence-electron chi connectivity index (χ0n) is 11.8. The third-order valence-corrected chi connectivity index (χ3v) is 2.50. The highest BCUT2D eigenvalue weighted by Gasteiger charge is 2.14. The van der Waals surface area contributed by atoms with Gasteiger partial charge in [0.15, 0.2) is 0 Å². The molecular formula is C14H26O3. The molecule has 0 saturated carbocycles. The van der Waals surface area contributed by atoms with Crippen molar-refractivity contribution in [3.8, 4) is 0 Å². The van der Waals surface area contributed by atoms with Crippen molar-refractivity contribution in [3.63, 3.8) is 0 Å². The lowest BCUT2D eigenvalue weighted by molar-refractivity contribution is -0.139. The first-order valence-corrected chi connectivity index (χ1v) is 6.37. The van der Waals surface area contributed by atoms with Gasteiger partial charge in [0.05, 0.1) is 18.8 Å². The molecule has 17 heavy (non-hydrogen) atoms. The minimum Gasteiger partial charge on any atom is -0.462 e. The molecule has 0 heterocycles. The minimum absolute atomic E-state index is 0.224. The lowest BCUT2D eigenvalue weighted by atomic mass is 10.00. The van der Waals surface area contributed by atoms with Crippen LogP contribution in [0, 0.1) is 5.92 Å². The number of unbranched alkanes of at least 4 members (excludes halogenated alkanes) is 1. The van der Waals surface area contributed by atoms with Crippen LogP contribution in [-0.2, 0) is 14.3 Å². The molecule has 3 nitrogen and oxygen atoms in total. The van der Waals surface area contributed by atoms with E-state index in [0.29, 0.717) is 24.7 Å². The Morgan fingerprint density at radius 2 is 1.94 bits per heavy atom. The molecule has 0 unspecified atom stereocenters. The Morgan fingerprint density at radius 3 is 2.41 bits per heavy atom. The largest absolute Gasteiger partial charge is 0.462 e. The van der Waals surface area contributed by atoms with E-state index in [-0.39, 0.29) is 5.97 Å². The molecule has 0 aromatic heterocycles. The average molecular weight is 242 g/mol. The van der Waals surface area contributed by atoms with Crippen molar-refractivity contribution in [2.24, 2.45) is 5.92 Å². The first-order chi connectivity index (χ1) is 8.02. The second-order valence-corrected chi connectivity index (χ2v) is 4.78. The minimum atomic E-state index is -0.224. The van der Waals surface area contributed by atoms with E-state index in [0.717, 1.165) is 24.8 Å². The number of ether oxygens (including phenoxy) is 2. The summed E-state index contributed by atoms with van der Waals surface area (Å²) < 4.78 is 10.3. The number of methoxy groups -OCH3 is 1. The third kappa shape index (κ3) is 7.16. The number of carbonyl (C=O) groups is 1. The van der Waals surface area contributed by atoms with Crippen molar-refractivity contribution in [1.29, 1.82) is 0 Å². The average Bonchev–Trinajstić information content (AvgIpc) is 2.24. The highest BCUT2D eigenvalue weighted by atomic mass is 16.5. The molecule has 0 saturated heterocycles. The second kappa shape index (κ2) is 9.23. The Morgan fingerprint density at radius 1 is 1.29 bits per heavy atom. The van der Waals surface area contributed by atoms with E-state index in [2.05, 4.69) is 20.8 Å². The zero-order chi connectivity index (χ0) is 13.3. The van der Waals surface area contributed by atoms with Crippen molar-refractivity contribution >= 4 is 5.97 Å². The summed E-state index contributed by atoms with van der Waals surface area (Å²) in [6, 6.07) is 0. The Bertz CT molecular complexity index is 254. The summed E-state index contributed by atoms with van der Waals surface area (Å²) in [7, 11) is 1.60. The summed E-state index contributed by atoms with van der Waals surface area (Å²) in [4.78, 5) is 11.9. The molecular weight excluding hydrogens is 216 g/mol. The van der Waals surface area contributed by atoms with Crippen LogP contribution in [0.3, 0.4) is 0 Å². The van der Waals surface area contributed by atoms with Crippen LogP contribution in [0.25, 0.3) is 0 Å². The van der Waals surface area contributed by atoms with Crippen molar-refractivity contribution in [3.05, 3.63) is 11.1 Å². The first kappa shape index (κ1) is 16.2. The molecule has 0 spiro atoms. The Hall–Kier alpha value is -0.830. The molecule has 0 aromatic rings. The van der Waals surface area contributed by atoms with Gasteiger partial charge in [-0.15, -0.1) is 0 Å². The van der Waals surface area contributed by atoms with Crippen LogP contribution < -0.4 is 0 Å². The quantitative estimate of drug-likeness (QED) is 0.372. The summed E-state index contributed by atoms with van der Waals surface area (Å²) in [6.45, 7) is 9.16. The molecule has 0 N–H and O–H groups in total. The molecule has 0 radical (unpaired) electrons. The van der Waals surface area contributed by atoms with Crippen LogP contribution in [0.15, 0.2) is 11.1 Å². The summed E-state index contributed by atoms with van der Waals surface area (Å²) in [5.74, 6) is 0.309. The topological polar surface area (TPSA) is 35.5 Å². The van der Waals surface area contributed by atoms with Gasteiger partial charge in [-0.3, -0.25) is 0 Å². The number of rotatable bonds is 8. The van der Waals surface area contributed by atoms with Crippen LogP contribution in [0.5, 0.6) is 0 Å². The molecule has 0 bridgehead atoms. The fourth-order valence-corrected chi connectivity index (χ4v) is 1.63. The van der Waals surface area contributed by atoms with E-state index >= 15 is 0 Å². The predicted octanol–water partition coefficient (Wildman–Crippen LogP) is 3.34. The monoisotopic (exact) mass is 242 g/mol. The van der Waals surface area contributed by atoms with Gasteiger partial charge < -0.3 is 9.47 Å². The van der Waals surface area contributed by atoms with Gasteiger partial charge in [-0.25, -0.2) is 4.79 Å². The number of allylic oxidation sites excluding steroid dienone is 1. The third-order valence-electron chi connectivity index (χ3n) is 2.50. The van der Waals surface area contributed by atoms with Crippen LogP contribution in [0.1, 0.15) is 47.0 Å². The molecule has 0 aliphatic rings. The molecule has 0 amide bonds. The van der Waals surface area contributed by atoms with Crippen molar-refractivity contribution < 1.29 is 14.3 Å². The molecule has 0 aliphatic carbocycles. The number of hydrogen-bond donors (Lipinski definition) is 0. The fourth-order valence-electron chi connectivity index (χ4n) is 1.63. The smallest absolute Gasteiger partial charge is 0.336 e. The van der Waals surface area contributed by atoms with Gasteiger partial charge in [0.25, 0.3) is 0 Å². The van der Waals surface area contributed by atoms with Gasteiger partial charge in [-0.05, 0) is 25.7 Å². The maximum atomic E-state index is 11.9. The summed E-state index contributed by atoms with van der Waals surface area (Å²) in [5, 5.41) is 0. The molecule has 100 valence electrons. The Balaban J connectivity index is 4.53. The van der Waals surface area contributed by atoms with Crippen molar-refractivity contribution in [2.75, 3.05) is 20.3 Å². The normalized spacial score (nSPS) is 12.6. The molecule has 0 atom stereocenters. The van der Waals surface area contributed by atoms with E-state index in [4.69, 9.17) is 9.47 Å². The number of hydrogen-bond acceptors (Lipinski definition) is 3. The summed E-state index contributed by atoms with van der Waals surface area (Å²) >= 11 is 0. The van der Waals surface area contributed by atoms with E-state index in [1.807, 2.05) is 6.92 Å². The van der Waals surface area contributed by atoms with Gasteiger partial charge in [0, 0.05) is 7.11 Å². The first-order valence-electron chi connectivity index (χ1n) is 6.37.